The van der Waals surface area contributed by atoms with Crippen LogP contribution in [0.3, 0.4) is 0 Å². The summed E-state index contributed by atoms with van der Waals surface area (Å²) < 4.78 is 33.8. The molecule has 1 aliphatic heterocycles. The molecule has 1 aliphatic carbocycles. The van der Waals surface area contributed by atoms with Gasteiger partial charge in [-0.15, -0.1) is 0 Å². The topological polar surface area (TPSA) is 75.7 Å². The van der Waals surface area contributed by atoms with E-state index in [-0.39, 0.29) is 28.6 Å². The molecule has 2 unspecified atom stereocenters. The van der Waals surface area contributed by atoms with Crippen LogP contribution in [0, 0.1) is 12.8 Å². The van der Waals surface area contributed by atoms with E-state index in [2.05, 4.69) is 29.6 Å². The third-order valence-electron chi connectivity index (χ3n) is 6.57. The molecule has 2 aromatic rings. The second-order valence-electron chi connectivity index (χ2n) is 9.03. The quantitative estimate of drug-likeness (QED) is 0.668. The minimum atomic E-state index is -3.77. The van der Waals surface area contributed by atoms with Crippen molar-refractivity contribution in [2.45, 2.75) is 62.9 Å². The number of hydrogen-bond acceptors (Lipinski definition) is 4. The molecule has 0 bridgehead atoms. The monoisotopic (exact) mass is 456 g/mol. The fraction of sp³-hybridized carbons (Fsp3) is 0.480. The molecule has 4 rings (SSSR count). The van der Waals surface area contributed by atoms with Crippen LogP contribution in [0.25, 0.3) is 0 Å². The SMILES string of the molecule is COc1ccc(C(=O)NC(c2ccc(C)cc2)C2CC2)cc1S(=O)(=O)N1CCCCC1C. The number of sulfonamides is 1. The van der Waals surface area contributed by atoms with Gasteiger partial charge < -0.3 is 10.1 Å². The first kappa shape index (κ1) is 22.8. The number of benzene rings is 2. The largest absolute Gasteiger partial charge is 0.495 e. The maximum atomic E-state index is 13.5. The Morgan fingerprint density at radius 2 is 1.81 bits per heavy atom. The van der Waals surface area contributed by atoms with Crippen molar-refractivity contribution in [2.75, 3.05) is 13.7 Å². The molecule has 2 aromatic carbocycles. The van der Waals surface area contributed by atoms with Crippen molar-refractivity contribution in [1.82, 2.24) is 9.62 Å². The first-order valence-corrected chi connectivity index (χ1v) is 12.8. The van der Waals surface area contributed by atoms with Crippen LogP contribution in [0.5, 0.6) is 5.75 Å². The third-order valence-corrected chi connectivity index (χ3v) is 8.61. The number of nitrogens with one attached hydrogen (secondary N) is 1. The van der Waals surface area contributed by atoms with E-state index in [0.717, 1.165) is 37.7 Å². The molecule has 1 saturated carbocycles. The number of nitrogens with zero attached hydrogens (tertiary/aromatic N) is 1. The maximum Gasteiger partial charge on any atom is 0.251 e. The average molecular weight is 457 g/mol. The summed E-state index contributed by atoms with van der Waals surface area (Å²) in [4.78, 5) is 13.2. The minimum absolute atomic E-state index is 0.0553. The fourth-order valence-electron chi connectivity index (χ4n) is 4.48. The van der Waals surface area contributed by atoms with Gasteiger partial charge in [0.1, 0.15) is 10.6 Å². The van der Waals surface area contributed by atoms with Crippen molar-refractivity contribution in [2.24, 2.45) is 5.92 Å². The van der Waals surface area contributed by atoms with Crippen molar-refractivity contribution in [3.63, 3.8) is 0 Å². The van der Waals surface area contributed by atoms with Crippen LogP contribution in [-0.2, 0) is 10.0 Å². The number of rotatable bonds is 7. The Bertz CT molecular complexity index is 1080. The summed E-state index contributed by atoms with van der Waals surface area (Å²) in [5.41, 5.74) is 2.58. The van der Waals surface area contributed by atoms with E-state index in [1.165, 1.54) is 23.0 Å². The van der Waals surface area contributed by atoms with Gasteiger partial charge in [0, 0.05) is 18.2 Å². The lowest BCUT2D eigenvalue weighted by molar-refractivity contribution is 0.0931. The van der Waals surface area contributed by atoms with Crippen LogP contribution < -0.4 is 10.1 Å². The van der Waals surface area contributed by atoms with E-state index >= 15 is 0 Å². The van der Waals surface area contributed by atoms with Crippen molar-refractivity contribution >= 4 is 15.9 Å². The second kappa shape index (κ2) is 9.24. The number of carbonyl (C=O) groups is 1. The highest BCUT2D eigenvalue weighted by molar-refractivity contribution is 7.89. The van der Waals surface area contributed by atoms with Gasteiger partial charge in [-0.05, 0) is 69.2 Å². The molecule has 1 saturated heterocycles. The van der Waals surface area contributed by atoms with E-state index < -0.39 is 10.0 Å². The Labute approximate surface area is 191 Å². The number of amides is 1. The molecule has 1 amide bonds. The number of piperidine rings is 1. The highest BCUT2D eigenvalue weighted by Crippen LogP contribution is 2.41. The number of carbonyl (C=O) groups excluding carboxylic acids is 1. The summed E-state index contributed by atoms with van der Waals surface area (Å²) in [5, 5.41) is 3.15. The number of ether oxygens (including phenoxy) is 1. The van der Waals surface area contributed by atoms with Gasteiger partial charge in [0.05, 0.1) is 13.2 Å². The standard InChI is InChI=1S/C25H32N2O4S/c1-17-7-9-19(10-8-17)24(20-11-12-20)26-25(28)21-13-14-22(31-3)23(16-21)32(29,30)27-15-5-4-6-18(27)2/h7-10,13-14,16,18,20,24H,4-6,11-12,15H2,1-3H3,(H,26,28). The first-order chi connectivity index (χ1) is 15.3. The molecule has 32 heavy (non-hydrogen) atoms. The van der Waals surface area contributed by atoms with Gasteiger partial charge in [-0.2, -0.15) is 4.31 Å². The van der Waals surface area contributed by atoms with Crippen molar-refractivity contribution in [1.29, 1.82) is 0 Å². The molecule has 7 heteroatoms. The van der Waals surface area contributed by atoms with Crippen molar-refractivity contribution < 1.29 is 17.9 Å². The Morgan fingerprint density at radius 3 is 2.44 bits per heavy atom. The molecular weight excluding hydrogens is 424 g/mol. The lowest BCUT2D eigenvalue weighted by Crippen LogP contribution is -2.42. The van der Waals surface area contributed by atoms with Gasteiger partial charge in [-0.3, -0.25) is 4.79 Å². The molecule has 1 heterocycles. The normalized spacial score (nSPS) is 20.5. The molecule has 0 spiro atoms. The zero-order chi connectivity index (χ0) is 22.9. The molecule has 2 atom stereocenters. The summed E-state index contributed by atoms with van der Waals surface area (Å²) >= 11 is 0. The molecule has 1 N–H and O–H groups in total. The molecular formula is C25H32N2O4S. The third kappa shape index (κ3) is 4.69. The van der Waals surface area contributed by atoms with Gasteiger partial charge >= 0.3 is 0 Å². The van der Waals surface area contributed by atoms with Gasteiger partial charge in [0.25, 0.3) is 5.91 Å². The summed E-state index contributed by atoms with van der Waals surface area (Å²) in [6, 6.07) is 12.7. The lowest BCUT2D eigenvalue weighted by Gasteiger charge is -2.32. The van der Waals surface area contributed by atoms with E-state index in [0.29, 0.717) is 18.0 Å². The van der Waals surface area contributed by atoms with Crippen LogP contribution >= 0.6 is 0 Å². The van der Waals surface area contributed by atoms with E-state index in [1.807, 2.05) is 13.8 Å². The fourth-order valence-corrected chi connectivity index (χ4v) is 6.36. The zero-order valence-electron chi connectivity index (χ0n) is 19.0. The lowest BCUT2D eigenvalue weighted by atomic mass is 10.0. The summed E-state index contributed by atoms with van der Waals surface area (Å²) in [6.07, 6.45) is 4.85. The van der Waals surface area contributed by atoms with E-state index in [9.17, 15) is 13.2 Å². The van der Waals surface area contributed by atoms with Crippen LogP contribution in [0.4, 0.5) is 0 Å². The highest BCUT2D eigenvalue weighted by atomic mass is 32.2. The number of hydrogen-bond donors (Lipinski definition) is 1. The van der Waals surface area contributed by atoms with Crippen LogP contribution in [0.1, 0.15) is 66.6 Å². The van der Waals surface area contributed by atoms with Gasteiger partial charge in [0.2, 0.25) is 10.0 Å². The minimum Gasteiger partial charge on any atom is -0.495 e. The molecule has 172 valence electrons. The predicted molar refractivity (Wildman–Crippen MR) is 124 cm³/mol. The molecule has 2 aliphatic rings. The van der Waals surface area contributed by atoms with E-state index in [4.69, 9.17) is 4.74 Å². The smallest absolute Gasteiger partial charge is 0.251 e. The summed E-state index contributed by atoms with van der Waals surface area (Å²) in [6.45, 7) is 4.46. The summed E-state index contributed by atoms with van der Waals surface area (Å²) in [5.74, 6) is 0.405. The summed E-state index contributed by atoms with van der Waals surface area (Å²) in [7, 11) is -2.32. The Balaban J connectivity index is 1.62. The predicted octanol–water partition coefficient (Wildman–Crippen LogP) is 4.45. The molecule has 0 aromatic heterocycles. The maximum absolute atomic E-state index is 13.5. The highest BCUT2D eigenvalue weighted by Gasteiger charge is 2.35. The first-order valence-electron chi connectivity index (χ1n) is 11.4. The Kier molecular flexibility index (Phi) is 6.58. The molecule has 2 fully saturated rings. The molecule has 6 nitrogen and oxygen atoms in total. The van der Waals surface area contributed by atoms with Crippen LogP contribution in [-0.4, -0.2) is 38.3 Å². The van der Waals surface area contributed by atoms with Crippen LogP contribution in [0.15, 0.2) is 47.4 Å². The molecule has 0 radical (unpaired) electrons. The zero-order valence-corrected chi connectivity index (χ0v) is 19.8. The average Bonchev–Trinajstić information content (AvgIpc) is 3.63. The van der Waals surface area contributed by atoms with Crippen LogP contribution in [0.2, 0.25) is 0 Å². The van der Waals surface area contributed by atoms with Gasteiger partial charge in [-0.25, -0.2) is 8.42 Å². The Hall–Kier alpha value is -2.38. The van der Waals surface area contributed by atoms with Crippen molar-refractivity contribution in [3.8, 4) is 5.75 Å². The second-order valence-corrected chi connectivity index (χ2v) is 10.9. The number of aryl methyl sites for hydroxylation is 1. The Morgan fingerprint density at radius 1 is 1.09 bits per heavy atom. The van der Waals surface area contributed by atoms with E-state index in [1.54, 1.807) is 12.1 Å². The van der Waals surface area contributed by atoms with Gasteiger partial charge in [-0.1, -0.05) is 36.2 Å². The van der Waals surface area contributed by atoms with Gasteiger partial charge in [0.15, 0.2) is 0 Å². The number of methoxy groups -OCH3 is 1. The van der Waals surface area contributed by atoms with Crippen molar-refractivity contribution in [3.05, 3.63) is 59.2 Å².